The first kappa shape index (κ1) is 27.4. The van der Waals surface area contributed by atoms with E-state index in [4.69, 9.17) is 4.94 Å². The summed E-state index contributed by atoms with van der Waals surface area (Å²) in [5.74, 6) is 0.777. The van der Waals surface area contributed by atoms with Crippen molar-refractivity contribution in [1.82, 2.24) is 30.3 Å². The Labute approximate surface area is 244 Å². The number of anilines is 4. The van der Waals surface area contributed by atoms with Crippen LogP contribution in [-0.4, -0.2) is 63.5 Å². The van der Waals surface area contributed by atoms with Gasteiger partial charge in [-0.3, -0.25) is 9.69 Å². The van der Waals surface area contributed by atoms with Crippen molar-refractivity contribution in [2.75, 3.05) is 37.3 Å². The van der Waals surface area contributed by atoms with Crippen LogP contribution in [0.3, 0.4) is 0 Å². The fourth-order valence-electron chi connectivity index (χ4n) is 5.27. The lowest BCUT2D eigenvalue weighted by Crippen LogP contribution is -2.46. The van der Waals surface area contributed by atoms with Gasteiger partial charge in [-0.15, -0.1) is 0 Å². The van der Waals surface area contributed by atoms with Crippen molar-refractivity contribution in [3.8, 4) is 0 Å². The van der Waals surface area contributed by atoms with E-state index >= 15 is 0 Å². The van der Waals surface area contributed by atoms with E-state index in [1.165, 1.54) is 11.6 Å². The third-order valence-corrected chi connectivity index (χ3v) is 7.65. The number of fused-ring (bicyclic) bond motifs is 1. The van der Waals surface area contributed by atoms with Gasteiger partial charge in [-0.05, 0) is 98.6 Å². The highest BCUT2D eigenvalue weighted by atomic mass is 19.1. The number of likely N-dealkylation sites (tertiary alicyclic amines) is 1. The Morgan fingerprint density at radius 3 is 2.69 bits per heavy atom. The van der Waals surface area contributed by atoms with Crippen molar-refractivity contribution in [2.45, 2.75) is 25.8 Å². The Balaban J connectivity index is 1.00. The van der Waals surface area contributed by atoms with Crippen molar-refractivity contribution >= 4 is 29.0 Å². The molecule has 0 unspecified atom stereocenters. The molecular weight excluding hydrogens is 535 g/mol. The van der Waals surface area contributed by atoms with Crippen LogP contribution in [0.25, 0.3) is 0 Å². The minimum Gasteiger partial charge on any atom is -0.340 e. The molecule has 6 rings (SSSR count). The number of hydrogen-bond acceptors (Lipinski definition) is 9. The summed E-state index contributed by atoms with van der Waals surface area (Å²) in [7, 11) is 2.14. The van der Waals surface area contributed by atoms with E-state index in [2.05, 4.69) is 50.2 Å². The van der Waals surface area contributed by atoms with Gasteiger partial charge in [-0.25, -0.2) is 19.9 Å². The topological polar surface area (TPSA) is 97.9 Å². The molecule has 1 saturated heterocycles. The number of amides is 1. The molecule has 0 aliphatic carbocycles. The molecule has 216 valence electrons. The summed E-state index contributed by atoms with van der Waals surface area (Å²) in [5, 5.41) is 8.04. The molecule has 0 radical (unpaired) electrons. The molecule has 0 bridgehead atoms. The van der Waals surface area contributed by atoms with Crippen molar-refractivity contribution in [2.24, 2.45) is 0 Å². The van der Waals surface area contributed by atoms with Crippen LogP contribution >= 0.6 is 0 Å². The Bertz CT molecular complexity index is 1550. The summed E-state index contributed by atoms with van der Waals surface area (Å²) in [6.45, 7) is 4.00. The third kappa shape index (κ3) is 6.27. The average molecular weight is 569 g/mol. The highest BCUT2D eigenvalue weighted by Crippen LogP contribution is 2.24. The first-order valence-corrected chi connectivity index (χ1v) is 13.9. The smallest absolute Gasteiger partial charge is 0.253 e. The zero-order valence-electron chi connectivity index (χ0n) is 23.5. The molecule has 0 saturated carbocycles. The lowest BCUT2D eigenvalue weighted by molar-refractivity contribution is -0.112. The minimum absolute atomic E-state index is 0.0402. The fourth-order valence-corrected chi connectivity index (χ4v) is 5.27. The summed E-state index contributed by atoms with van der Waals surface area (Å²) >= 11 is 0. The number of nitrogens with one attached hydrogen (secondary N) is 3. The second kappa shape index (κ2) is 12.0. The molecule has 1 amide bonds. The molecule has 11 heteroatoms. The van der Waals surface area contributed by atoms with Gasteiger partial charge in [-0.1, -0.05) is 0 Å². The van der Waals surface area contributed by atoms with E-state index in [1.54, 1.807) is 36.4 Å². The molecule has 3 aliphatic heterocycles. The first-order chi connectivity index (χ1) is 20.4. The predicted octanol–water partition coefficient (Wildman–Crippen LogP) is 4.99. The van der Waals surface area contributed by atoms with Gasteiger partial charge >= 0.3 is 0 Å². The number of halogens is 1. The lowest BCUT2D eigenvalue weighted by atomic mass is 10.0. The number of hydrogen-bond donors (Lipinski definition) is 3. The number of carbonyl (C=O) groups is 1. The fraction of sp³-hybridized carbons (Fsp3) is 0.258. The van der Waals surface area contributed by atoms with Crippen LogP contribution in [0.5, 0.6) is 0 Å². The van der Waals surface area contributed by atoms with Gasteiger partial charge in [0.15, 0.2) is 0 Å². The molecule has 0 spiro atoms. The predicted molar refractivity (Wildman–Crippen MR) is 159 cm³/mol. The quantitative estimate of drug-likeness (QED) is 0.347. The summed E-state index contributed by atoms with van der Waals surface area (Å²) in [4.78, 5) is 31.6. The van der Waals surface area contributed by atoms with Gasteiger partial charge in [0.1, 0.15) is 11.6 Å². The van der Waals surface area contributed by atoms with Gasteiger partial charge in [0.2, 0.25) is 5.95 Å². The maximum atomic E-state index is 13.6. The zero-order valence-corrected chi connectivity index (χ0v) is 23.5. The number of aromatic nitrogens is 2. The van der Waals surface area contributed by atoms with E-state index in [-0.39, 0.29) is 11.7 Å². The van der Waals surface area contributed by atoms with Crippen LogP contribution in [0.2, 0.25) is 0 Å². The van der Waals surface area contributed by atoms with Crippen molar-refractivity contribution in [1.29, 1.82) is 0 Å². The van der Waals surface area contributed by atoms with E-state index in [9.17, 15) is 9.18 Å². The molecule has 3 aliphatic rings. The number of piperidine rings is 1. The van der Waals surface area contributed by atoms with Crippen LogP contribution < -0.4 is 16.1 Å². The van der Waals surface area contributed by atoms with Crippen LogP contribution in [0.1, 0.15) is 28.8 Å². The number of benzene rings is 2. The summed E-state index contributed by atoms with van der Waals surface area (Å²) in [6, 6.07) is 14.3. The number of likely N-dealkylation sites (N-methyl/N-ethyl adjacent to an activating group) is 1. The first-order valence-electron chi connectivity index (χ1n) is 13.9. The summed E-state index contributed by atoms with van der Waals surface area (Å²) in [6.07, 6.45) is 11.4. The number of nitrogens with zero attached hydrogens (tertiary/aromatic N) is 5. The van der Waals surface area contributed by atoms with E-state index in [0.29, 0.717) is 28.9 Å². The highest BCUT2D eigenvalue weighted by molar-refractivity contribution is 5.94. The van der Waals surface area contributed by atoms with Crippen molar-refractivity contribution in [3.63, 3.8) is 0 Å². The van der Waals surface area contributed by atoms with E-state index in [0.717, 1.165) is 49.5 Å². The van der Waals surface area contributed by atoms with Crippen molar-refractivity contribution < 1.29 is 14.1 Å². The molecule has 3 aromatic rings. The monoisotopic (exact) mass is 568 g/mol. The molecule has 0 atom stereocenters. The number of hydroxylamine groups is 3. The van der Waals surface area contributed by atoms with E-state index < -0.39 is 0 Å². The number of allylic oxidation sites excluding steroid dienone is 1. The molecule has 42 heavy (non-hydrogen) atoms. The zero-order chi connectivity index (χ0) is 29.1. The average Bonchev–Trinajstić information content (AvgIpc) is 3.47. The number of rotatable bonds is 8. The highest BCUT2D eigenvalue weighted by Gasteiger charge is 2.27. The second-order valence-electron chi connectivity index (χ2n) is 10.6. The maximum absolute atomic E-state index is 13.6. The van der Waals surface area contributed by atoms with Gasteiger partial charge < -0.3 is 15.5 Å². The van der Waals surface area contributed by atoms with Crippen molar-refractivity contribution in [3.05, 3.63) is 107 Å². The van der Waals surface area contributed by atoms with Crippen LogP contribution in [-0.2, 0) is 4.94 Å². The van der Waals surface area contributed by atoms with Gasteiger partial charge in [0, 0.05) is 55.0 Å². The molecule has 1 fully saturated rings. The third-order valence-electron chi connectivity index (χ3n) is 7.65. The number of aryl methyl sites for hydroxylation is 1. The van der Waals surface area contributed by atoms with Gasteiger partial charge in [0.25, 0.3) is 5.91 Å². The molecular formula is C31H33FN8O2. The lowest BCUT2D eigenvalue weighted by Gasteiger charge is -2.37. The van der Waals surface area contributed by atoms with Gasteiger partial charge in [0.05, 0.1) is 11.9 Å². The standard InChI is InChI=1S/C31H33FN8O2/c1-21-17-25(7-8-28(21)32)35-29-9-13-33-31(37-29)36-24-5-3-23(4-6-24)30(41)39-14-11-26(12-15-39)38(2)20-22-10-16-40-27(18-22)19-34-42-40/h3-10,13,16-19,26,34H,11-12,14-15,20H2,1-2H3,(H2,33,35,36,37). The van der Waals surface area contributed by atoms with E-state index in [1.807, 2.05) is 41.6 Å². The minimum atomic E-state index is -0.251. The molecule has 1 aromatic heterocycles. The number of carbonyl (C=O) groups excluding carboxylic acids is 1. The van der Waals surface area contributed by atoms with Crippen LogP contribution in [0, 0.1) is 12.7 Å². The SMILES string of the molecule is Cc1cc(Nc2ccnc(Nc3ccc(C(=O)N4CCC(N(C)CC5=CC6=CNON6C=C5)CC4)cc3)n2)ccc1F. The molecule has 4 heterocycles. The maximum Gasteiger partial charge on any atom is 0.253 e. The Hall–Kier alpha value is -4.74. The van der Waals surface area contributed by atoms with Gasteiger partial charge in [-0.2, -0.15) is 9.92 Å². The molecule has 2 aromatic carbocycles. The van der Waals surface area contributed by atoms with Crippen LogP contribution in [0.15, 0.2) is 90.5 Å². The Morgan fingerprint density at radius 2 is 1.90 bits per heavy atom. The normalized spacial score (nSPS) is 16.6. The molecule has 10 nitrogen and oxygen atoms in total. The second-order valence-corrected chi connectivity index (χ2v) is 10.6. The Morgan fingerprint density at radius 1 is 1.12 bits per heavy atom. The summed E-state index contributed by atoms with van der Waals surface area (Å²) in [5.41, 5.74) is 7.67. The Kier molecular flexibility index (Phi) is 7.85. The van der Waals surface area contributed by atoms with Crippen LogP contribution in [0.4, 0.5) is 27.5 Å². The molecule has 3 N–H and O–H groups in total. The largest absolute Gasteiger partial charge is 0.340 e. The summed E-state index contributed by atoms with van der Waals surface area (Å²) < 4.78 is 13.6.